The maximum Gasteiger partial charge on any atom is 0.273 e. The molecule has 1 aliphatic heterocycles. The molecule has 2 amide bonds. The largest absolute Gasteiger partial charge is 0.481 e. The van der Waals surface area contributed by atoms with Crippen LogP contribution in [0.15, 0.2) is 82.4 Å². The van der Waals surface area contributed by atoms with Gasteiger partial charge in [-0.15, -0.1) is 11.3 Å². The van der Waals surface area contributed by atoms with Gasteiger partial charge in [0.15, 0.2) is 6.61 Å². The van der Waals surface area contributed by atoms with Gasteiger partial charge in [0.05, 0.1) is 18.8 Å². The average molecular weight is 508 g/mol. The lowest BCUT2D eigenvalue weighted by Crippen LogP contribution is -2.39. The van der Waals surface area contributed by atoms with Gasteiger partial charge >= 0.3 is 0 Å². The minimum atomic E-state index is -3.93. The first kappa shape index (κ1) is 22.9. The van der Waals surface area contributed by atoms with Crippen LogP contribution in [0.4, 0.5) is 11.4 Å². The third-order valence-electron chi connectivity index (χ3n) is 5.52. The number of hydrogen-bond donors (Lipinski definition) is 2. The Morgan fingerprint density at radius 3 is 2.63 bits per heavy atom. The number of anilines is 2. The highest BCUT2D eigenvalue weighted by atomic mass is 32.2. The molecule has 0 saturated heterocycles. The second-order valence-electron chi connectivity index (χ2n) is 7.92. The molecule has 1 aromatic heterocycles. The lowest BCUT2D eigenvalue weighted by Gasteiger charge is -2.31. The van der Waals surface area contributed by atoms with Gasteiger partial charge < -0.3 is 10.1 Å². The number of hydrogen-bond acceptors (Lipinski definition) is 7. The average Bonchev–Trinajstić information content (AvgIpc) is 3.40. The summed E-state index contributed by atoms with van der Waals surface area (Å²) in [5.74, 6) is -0.438. The number of benzene rings is 3. The van der Waals surface area contributed by atoms with E-state index in [-0.39, 0.29) is 23.3 Å². The van der Waals surface area contributed by atoms with E-state index < -0.39 is 15.9 Å². The number of ether oxygens (including phenoxy) is 1. The number of carbonyl (C=O) groups is 2. The maximum atomic E-state index is 12.9. The Labute approximate surface area is 206 Å². The van der Waals surface area contributed by atoms with Crippen LogP contribution in [0, 0.1) is 0 Å². The summed E-state index contributed by atoms with van der Waals surface area (Å²) in [6, 6.07) is 22.2. The minimum Gasteiger partial charge on any atom is -0.481 e. The van der Waals surface area contributed by atoms with Crippen LogP contribution in [0.25, 0.3) is 10.8 Å². The summed E-state index contributed by atoms with van der Waals surface area (Å²) in [5.41, 5.74) is 1.94. The summed E-state index contributed by atoms with van der Waals surface area (Å²) in [6.07, 6.45) is 0. The van der Waals surface area contributed by atoms with Gasteiger partial charge in [-0.25, -0.2) is 13.1 Å². The van der Waals surface area contributed by atoms with Crippen LogP contribution < -0.4 is 19.7 Å². The lowest BCUT2D eigenvalue weighted by atomic mass is 10.1. The topological polar surface area (TPSA) is 105 Å². The SMILES string of the molecule is O=C(CNc1cccc2c1N(Cc1ccc3ccccc3c1)C(=O)CO2)NS(=O)(=O)c1cccs1. The Bertz CT molecular complexity index is 1520. The van der Waals surface area contributed by atoms with Gasteiger partial charge in [0, 0.05) is 0 Å². The predicted molar refractivity (Wildman–Crippen MR) is 135 cm³/mol. The van der Waals surface area contributed by atoms with Gasteiger partial charge in [-0.1, -0.05) is 48.5 Å². The van der Waals surface area contributed by atoms with Crippen molar-refractivity contribution in [2.75, 3.05) is 23.4 Å². The molecule has 0 saturated carbocycles. The Morgan fingerprint density at radius 2 is 1.83 bits per heavy atom. The Hall–Kier alpha value is -3.89. The number of rotatable bonds is 7. The molecule has 0 radical (unpaired) electrons. The molecule has 2 heterocycles. The van der Waals surface area contributed by atoms with E-state index in [0.29, 0.717) is 23.7 Å². The number of thiophene rings is 1. The summed E-state index contributed by atoms with van der Waals surface area (Å²) >= 11 is 1.02. The summed E-state index contributed by atoms with van der Waals surface area (Å²) in [4.78, 5) is 26.9. The first-order valence-corrected chi connectivity index (χ1v) is 13.1. The minimum absolute atomic E-state index is 0.0588. The van der Waals surface area contributed by atoms with E-state index in [4.69, 9.17) is 4.74 Å². The molecule has 35 heavy (non-hydrogen) atoms. The van der Waals surface area contributed by atoms with Crippen molar-refractivity contribution in [3.05, 3.63) is 83.7 Å². The van der Waals surface area contributed by atoms with Gasteiger partial charge in [-0.3, -0.25) is 14.5 Å². The zero-order valence-corrected chi connectivity index (χ0v) is 20.1. The summed E-state index contributed by atoms with van der Waals surface area (Å²) < 4.78 is 32.4. The molecule has 5 rings (SSSR count). The molecule has 0 unspecified atom stereocenters. The molecule has 0 atom stereocenters. The molecule has 1 aliphatic rings. The molecule has 8 nitrogen and oxygen atoms in total. The molecule has 178 valence electrons. The van der Waals surface area contributed by atoms with Gasteiger partial charge in [0.2, 0.25) is 0 Å². The van der Waals surface area contributed by atoms with Crippen molar-refractivity contribution >= 4 is 55.3 Å². The van der Waals surface area contributed by atoms with Gasteiger partial charge in [-0.2, -0.15) is 0 Å². The van der Waals surface area contributed by atoms with Crippen LogP contribution in [0.1, 0.15) is 5.56 Å². The quantitative estimate of drug-likeness (QED) is 0.395. The van der Waals surface area contributed by atoms with Crippen molar-refractivity contribution in [2.24, 2.45) is 0 Å². The molecule has 0 aliphatic carbocycles. The van der Waals surface area contributed by atoms with E-state index in [1.807, 2.05) is 42.5 Å². The standard InChI is InChI=1S/C25H21N3O5S2/c29-22(27-35(31,32)24-9-4-12-34-24)14-26-20-7-3-8-21-25(20)28(23(30)16-33-21)15-17-10-11-18-5-1-2-6-19(18)13-17/h1-13,26H,14-16H2,(H,27,29). The van der Waals surface area contributed by atoms with Crippen LogP contribution in [0.5, 0.6) is 5.75 Å². The molecular weight excluding hydrogens is 486 g/mol. The highest BCUT2D eigenvalue weighted by Crippen LogP contribution is 2.39. The number of sulfonamides is 1. The molecule has 10 heteroatoms. The number of nitrogens with one attached hydrogen (secondary N) is 2. The fourth-order valence-electron chi connectivity index (χ4n) is 3.92. The van der Waals surface area contributed by atoms with E-state index in [0.717, 1.165) is 27.7 Å². The van der Waals surface area contributed by atoms with Crippen molar-refractivity contribution in [3.63, 3.8) is 0 Å². The normalized spacial score (nSPS) is 13.3. The zero-order chi connectivity index (χ0) is 24.4. The highest BCUT2D eigenvalue weighted by molar-refractivity contribution is 7.92. The second-order valence-corrected chi connectivity index (χ2v) is 10.8. The first-order chi connectivity index (χ1) is 16.9. The molecule has 4 aromatic rings. The van der Waals surface area contributed by atoms with Crippen molar-refractivity contribution in [1.29, 1.82) is 0 Å². The van der Waals surface area contributed by atoms with Crippen molar-refractivity contribution in [2.45, 2.75) is 10.8 Å². The maximum absolute atomic E-state index is 12.9. The van der Waals surface area contributed by atoms with Crippen LogP contribution in [-0.4, -0.2) is 33.4 Å². The molecule has 2 N–H and O–H groups in total. The monoisotopic (exact) mass is 507 g/mol. The molecule has 0 bridgehead atoms. The molecule has 0 spiro atoms. The number of para-hydroxylation sites is 1. The number of carbonyl (C=O) groups excluding carboxylic acids is 2. The van der Waals surface area contributed by atoms with Gasteiger partial charge in [-0.05, 0) is 46.0 Å². The third-order valence-corrected chi connectivity index (χ3v) is 8.29. The van der Waals surface area contributed by atoms with E-state index in [2.05, 4.69) is 10.0 Å². The van der Waals surface area contributed by atoms with E-state index in [1.165, 1.54) is 6.07 Å². The Morgan fingerprint density at radius 1 is 1.00 bits per heavy atom. The zero-order valence-electron chi connectivity index (χ0n) is 18.4. The molecule has 3 aromatic carbocycles. The Balaban J connectivity index is 1.37. The smallest absolute Gasteiger partial charge is 0.273 e. The van der Waals surface area contributed by atoms with E-state index >= 15 is 0 Å². The van der Waals surface area contributed by atoms with Crippen molar-refractivity contribution in [1.82, 2.24) is 4.72 Å². The summed E-state index contributed by atoms with van der Waals surface area (Å²) in [5, 5.41) is 6.76. The number of nitrogens with zero attached hydrogens (tertiary/aromatic N) is 1. The van der Waals surface area contributed by atoms with E-state index in [9.17, 15) is 18.0 Å². The van der Waals surface area contributed by atoms with Crippen LogP contribution in [0.2, 0.25) is 0 Å². The highest BCUT2D eigenvalue weighted by Gasteiger charge is 2.29. The van der Waals surface area contributed by atoms with Crippen LogP contribution >= 0.6 is 11.3 Å². The third kappa shape index (κ3) is 4.84. The summed E-state index contributed by atoms with van der Waals surface area (Å²) in [6.45, 7) is -0.0830. The molecule has 0 fully saturated rings. The number of amides is 2. The van der Waals surface area contributed by atoms with Gasteiger partial charge in [0.25, 0.3) is 21.8 Å². The number of fused-ring (bicyclic) bond motifs is 2. The predicted octanol–water partition coefficient (Wildman–Crippen LogP) is 3.74. The fourth-order valence-corrected chi connectivity index (χ4v) is 5.89. The summed E-state index contributed by atoms with van der Waals surface area (Å²) in [7, 11) is -3.93. The Kier molecular flexibility index (Phi) is 6.14. The van der Waals surface area contributed by atoms with E-state index in [1.54, 1.807) is 34.5 Å². The second kappa shape index (κ2) is 9.40. The fraction of sp³-hybridized carbons (Fsp3) is 0.120. The molecular formula is C25H21N3O5S2. The first-order valence-electron chi connectivity index (χ1n) is 10.8. The van der Waals surface area contributed by atoms with Crippen LogP contribution in [0.3, 0.4) is 0 Å². The van der Waals surface area contributed by atoms with Crippen molar-refractivity contribution in [3.8, 4) is 5.75 Å². The lowest BCUT2D eigenvalue weighted by molar-refractivity contribution is -0.121. The van der Waals surface area contributed by atoms with Crippen LogP contribution in [-0.2, 0) is 26.2 Å². The van der Waals surface area contributed by atoms with Crippen molar-refractivity contribution < 1.29 is 22.7 Å². The van der Waals surface area contributed by atoms with Gasteiger partial charge in [0.1, 0.15) is 15.6 Å².